The fourth-order valence-electron chi connectivity index (χ4n) is 3.65. The second-order valence-corrected chi connectivity index (χ2v) is 6.45. The fraction of sp³-hybridized carbons (Fsp3) is 1.00. The molecule has 0 spiro atoms. The van der Waals surface area contributed by atoms with E-state index in [4.69, 9.17) is 0 Å². The van der Waals surface area contributed by atoms with Gasteiger partial charge >= 0.3 is 0 Å². The van der Waals surface area contributed by atoms with Crippen molar-refractivity contribution < 1.29 is 5.11 Å². The maximum Gasteiger partial charge on any atom is 0.0555 e. The Hall–Kier alpha value is -0.0800. The molecule has 17 heavy (non-hydrogen) atoms. The largest absolute Gasteiger partial charge is 0.393 e. The Bertz CT molecular complexity index is 229. The lowest BCUT2D eigenvalue weighted by Crippen LogP contribution is -2.40. The zero-order chi connectivity index (χ0) is 12.3. The third-order valence-corrected chi connectivity index (χ3v) is 4.89. The van der Waals surface area contributed by atoms with Crippen LogP contribution in [-0.4, -0.2) is 35.2 Å². The SMILES string of the molecule is CC(C)C1CCCN(C2CCCC(O)C2)CC1. The van der Waals surface area contributed by atoms with E-state index in [0.29, 0.717) is 6.04 Å². The number of aliphatic hydroxyl groups is 1. The Morgan fingerprint density at radius 3 is 2.53 bits per heavy atom. The monoisotopic (exact) mass is 239 g/mol. The van der Waals surface area contributed by atoms with Crippen LogP contribution in [0.3, 0.4) is 0 Å². The molecule has 1 saturated carbocycles. The van der Waals surface area contributed by atoms with Gasteiger partial charge in [0.25, 0.3) is 0 Å². The van der Waals surface area contributed by atoms with Crippen molar-refractivity contribution >= 4 is 0 Å². The van der Waals surface area contributed by atoms with Gasteiger partial charge in [-0.25, -0.2) is 0 Å². The maximum atomic E-state index is 9.79. The van der Waals surface area contributed by atoms with Crippen LogP contribution in [0.5, 0.6) is 0 Å². The minimum Gasteiger partial charge on any atom is -0.393 e. The molecule has 1 aliphatic carbocycles. The Balaban J connectivity index is 1.85. The summed E-state index contributed by atoms with van der Waals surface area (Å²) in [7, 11) is 0. The smallest absolute Gasteiger partial charge is 0.0555 e. The van der Waals surface area contributed by atoms with Crippen molar-refractivity contribution in [2.24, 2.45) is 11.8 Å². The van der Waals surface area contributed by atoms with Gasteiger partial charge in [0.1, 0.15) is 0 Å². The highest BCUT2D eigenvalue weighted by Gasteiger charge is 2.28. The molecule has 1 N–H and O–H groups in total. The lowest BCUT2D eigenvalue weighted by molar-refractivity contribution is 0.0625. The van der Waals surface area contributed by atoms with Crippen molar-refractivity contribution in [2.75, 3.05) is 13.1 Å². The molecular weight excluding hydrogens is 210 g/mol. The molecule has 0 aromatic rings. The van der Waals surface area contributed by atoms with Gasteiger partial charge in [0.2, 0.25) is 0 Å². The minimum atomic E-state index is -0.0297. The van der Waals surface area contributed by atoms with E-state index in [2.05, 4.69) is 18.7 Å². The second-order valence-electron chi connectivity index (χ2n) is 6.45. The predicted octanol–water partition coefficient (Wildman–Crippen LogP) is 3.05. The summed E-state index contributed by atoms with van der Waals surface area (Å²) in [6, 6.07) is 0.671. The molecule has 0 bridgehead atoms. The van der Waals surface area contributed by atoms with E-state index in [0.717, 1.165) is 24.7 Å². The first-order chi connectivity index (χ1) is 8.16. The van der Waals surface area contributed by atoms with E-state index in [-0.39, 0.29) is 6.10 Å². The lowest BCUT2D eigenvalue weighted by atomic mass is 9.89. The summed E-state index contributed by atoms with van der Waals surface area (Å²) < 4.78 is 0. The van der Waals surface area contributed by atoms with E-state index in [1.165, 1.54) is 45.2 Å². The highest BCUT2D eigenvalue weighted by molar-refractivity contribution is 4.82. The molecule has 0 aromatic carbocycles. The summed E-state index contributed by atoms with van der Waals surface area (Å²) >= 11 is 0. The third-order valence-electron chi connectivity index (χ3n) is 4.89. The van der Waals surface area contributed by atoms with E-state index >= 15 is 0 Å². The molecule has 3 unspecified atom stereocenters. The van der Waals surface area contributed by atoms with Gasteiger partial charge in [0.05, 0.1) is 6.10 Å². The van der Waals surface area contributed by atoms with Gasteiger partial charge in [-0.3, -0.25) is 0 Å². The number of likely N-dealkylation sites (tertiary alicyclic amines) is 1. The van der Waals surface area contributed by atoms with Crippen molar-refractivity contribution in [3.63, 3.8) is 0 Å². The standard InChI is InChI=1S/C15H29NO/c1-12(2)13-5-4-9-16(10-8-13)14-6-3-7-15(17)11-14/h12-15,17H,3-11H2,1-2H3. The quantitative estimate of drug-likeness (QED) is 0.800. The maximum absolute atomic E-state index is 9.79. The summed E-state index contributed by atoms with van der Waals surface area (Å²) in [6.45, 7) is 7.26. The molecule has 2 heteroatoms. The lowest BCUT2D eigenvalue weighted by Gasteiger charge is -2.35. The van der Waals surface area contributed by atoms with Crippen LogP contribution in [-0.2, 0) is 0 Å². The van der Waals surface area contributed by atoms with Gasteiger partial charge in [0, 0.05) is 6.04 Å². The van der Waals surface area contributed by atoms with Gasteiger partial charge in [-0.1, -0.05) is 13.8 Å². The van der Waals surface area contributed by atoms with Crippen molar-refractivity contribution in [2.45, 2.75) is 70.9 Å². The normalized spacial score (nSPS) is 37.1. The van der Waals surface area contributed by atoms with E-state index in [9.17, 15) is 5.11 Å². The van der Waals surface area contributed by atoms with Crippen LogP contribution in [0.15, 0.2) is 0 Å². The van der Waals surface area contributed by atoms with Crippen LogP contribution >= 0.6 is 0 Å². The number of aliphatic hydroxyl groups excluding tert-OH is 1. The summed E-state index contributed by atoms with van der Waals surface area (Å²) in [6.07, 6.45) is 8.67. The van der Waals surface area contributed by atoms with E-state index in [1.54, 1.807) is 0 Å². The number of hydrogen-bond acceptors (Lipinski definition) is 2. The first kappa shape index (κ1) is 13.4. The molecular formula is C15H29NO. The van der Waals surface area contributed by atoms with Gasteiger partial charge in [-0.05, 0) is 69.9 Å². The highest BCUT2D eigenvalue weighted by atomic mass is 16.3. The van der Waals surface area contributed by atoms with Crippen molar-refractivity contribution in [1.29, 1.82) is 0 Å². The van der Waals surface area contributed by atoms with Crippen molar-refractivity contribution in [1.82, 2.24) is 4.90 Å². The Morgan fingerprint density at radius 1 is 1.00 bits per heavy atom. The third kappa shape index (κ3) is 3.69. The van der Waals surface area contributed by atoms with Crippen LogP contribution in [0.4, 0.5) is 0 Å². The van der Waals surface area contributed by atoms with Gasteiger partial charge < -0.3 is 10.0 Å². The van der Waals surface area contributed by atoms with Crippen LogP contribution in [0.1, 0.15) is 58.8 Å². The molecule has 2 nitrogen and oxygen atoms in total. The van der Waals surface area contributed by atoms with Crippen LogP contribution < -0.4 is 0 Å². The zero-order valence-corrected chi connectivity index (χ0v) is 11.6. The van der Waals surface area contributed by atoms with Gasteiger partial charge in [0.15, 0.2) is 0 Å². The molecule has 1 saturated heterocycles. The molecule has 3 atom stereocenters. The van der Waals surface area contributed by atoms with Crippen LogP contribution in [0.25, 0.3) is 0 Å². The van der Waals surface area contributed by atoms with E-state index < -0.39 is 0 Å². The van der Waals surface area contributed by atoms with Crippen molar-refractivity contribution in [3.05, 3.63) is 0 Å². The molecule has 0 amide bonds. The molecule has 2 fully saturated rings. The number of hydrogen-bond donors (Lipinski definition) is 1. The molecule has 0 radical (unpaired) electrons. The highest BCUT2D eigenvalue weighted by Crippen LogP contribution is 2.29. The van der Waals surface area contributed by atoms with Crippen LogP contribution in [0.2, 0.25) is 0 Å². The molecule has 2 aliphatic rings. The molecule has 1 aliphatic heterocycles. The molecule has 100 valence electrons. The Morgan fingerprint density at radius 2 is 1.82 bits per heavy atom. The number of rotatable bonds is 2. The fourth-order valence-corrected chi connectivity index (χ4v) is 3.65. The summed E-state index contributed by atoms with van der Waals surface area (Å²) in [5.41, 5.74) is 0. The average Bonchev–Trinajstić information content (AvgIpc) is 2.54. The van der Waals surface area contributed by atoms with E-state index in [1.807, 2.05) is 0 Å². The summed E-state index contributed by atoms with van der Waals surface area (Å²) in [5, 5.41) is 9.79. The van der Waals surface area contributed by atoms with Crippen LogP contribution in [0, 0.1) is 11.8 Å². The summed E-state index contributed by atoms with van der Waals surface area (Å²) in [5.74, 6) is 1.76. The minimum absolute atomic E-state index is 0.0297. The molecule has 1 heterocycles. The zero-order valence-electron chi connectivity index (χ0n) is 11.6. The average molecular weight is 239 g/mol. The Labute approximate surface area is 106 Å². The summed E-state index contributed by atoms with van der Waals surface area (Å²) in [4.78, 5) is 2.67. The molecule has 0 aromatic heterocycles. The van der Waals surface area contributed by atoms with Gasteiger partial charge in [-0.15, -0.1) is 0 Å². The van der Waals surface area contributed by atoms with Gasteiger partial charge in [-0.2, -0.15) is 0 Å². The first-order valence-corrected chi connectivity index (χ1v) is 7.59. The predicted molar refractivity (Wildman–Crippen MR) is 72.0 cm³/mol. The number of nitrogens with zero attached hydrogens (tertiary/aromatic N) is 1. The molecule has 2 rings (SSSR count). The topological polar surface area (TPSA) is 23.5 Å². The van der Waals surface area contributed by atoms with Crippen molar-refractivity contribution in [3.8, 4) is 0 Å². The Kier molecular flexibility index (Phi) is 4.87. The second kappa shape index (κ2) is 6.19. The first-order valence-electron chi connectivity index (χ1n) is 7.59.